The molecule has 0 aliphatic heterocycles. The minimum absolute atomic E-state index is 0.134. The van der Waals surface area contributed by atoms with Crippen molar-refractivity contribution >= 4 is 5.82 Å². The van der Waals surface area contributed by atoms with Gasteiger partial charge in [-0.05, 0) is 32.1 Å². The smallest absolute Gasteiger partial charge is 0.356 e. The second kappa shape index (κ2) is 3.34. The molecule has 1 heterocycles. The first kappa shape index (κ1) is 10.8. The van der Waals surface area contributed by atoms with Gasteiger partial charge in [-0.25, -0.2) is 9.97 Å². The Bertz CT molecular complexity index is 452. The van der Waals surface area contributed by atoms with Crippen molar-refractivity contribution in [3.8, 4) is 0 Å². The van der Waals surface area contributed by atoms with Gasteiger partial charge in [-0.15, -0.1) is 0 Å². The van der Waals surface area contributed by atoms with Crippen molar-refractivity contribution in [3.05, 3.63) is 17.6 Å². The zero-order chi connectivity index (χ0) is 12.1. The third kappa shape index (κ3) is 1.66. The van der Waals surface area contributed by atoms with E-state index in [9.17, 15) is 13.2 Å². The average Bonchev–Trinajstić information content (AvgIpc) is 2.89. The Morgan fingerprint density at radius 3 is 2.59 bits per heavy atom. The van der Waals surface area contributed by atoms with Crippen molar-refractivity contribution in [3.63, 3.8) is 0 Å². The summed E-state index contributed by atoms with van der Waals surface area (Å²) in [7, 11) is 0. The number of nitrogens with zero attached hydrogens (tertiary/aromatic N) is 2. The van der Waals surface area contributed by atoms with Crippen molar-refractivity contribution in [1.29, 1.82) is 0 Å². The summed E-state index contributed by atoms with van der Waals surface area (Å²) in [5, 5.41) is 2.59. The molecule has 0 spiro atoms. The summed E-state index contributed by atoms with van der Waals surface area (Å²) in [4.78, 5) is 8.07. The molecule has 92 valence electrons. The lowest BCUT2D eigenvalue weighted by molar-refractivity contribution is -0.151. The van der Waals surface area contributed by atoms with E-state index in [1.165, 1.54) is 6.33 Å². The molecule has 1 saturated carbocycles. The number of aromatic nitrogens is 2. The van der Waals surface area contributed by atoms with Crippen LogP contribution in [0.3, 0.4) is 0 Å². The van der Waals surface area contributed by atoms with Gasteiger partial charge in [0.2, 0.25) is 0 Å². The molecule has 0 atom stereocenters. The SMILES string of the molecule is FC(F)(F)C1(Nc2ncnc3c2CCC3)CC1. The van der Waals surface area contributed by atoms with Gasteiger partial charge in [0.05, 0.1) is 0 Å². The van der Waals surface area contributed by atoms with E-state index < -0.39 is 11.7 Å². The van der Waals surface area contributed by atoms with E-state index in [0.717, 1.165) is 30.5 Å². The normalized spacial score (nSPS) is 21.1. The molecule has 0 bridgehead atoms. The Labute approximate surface area is 96.5 Å². The number of fused-ring (bicyclic) bond motifs is 1. The lowest BCUT2D eigenvalue weighted by atomic mass is 10.2. The van der Waals surface area contributed by atoms with Gasteiger partial charge in [0.15, 0.2) is 0 Å². The van der Waals surface area contributed by atoms with Crippen LogP contribution >= 0.6 is 0 Å². The molecule has 1 aromatic heterocycles. The third-order valence-electron chi connectivity index (χ3n) is 3.53. The first-order valence-corrected chi connectivity index (χ1v) is 5.69. The summed E-state index contributed by atoms with van der Waals surface area (Å²) >= 11 is 0. The van der Waals surface area contributed by atoms with Crippen molar-refractivity contribution in [2.45, 2.75) is 43.8 Å². The summed E-state index contributed by atoms with van der Waals surface area (Å²) in [5.41, 5.74) is 0.0149. The fourth-order valence-corrected chi connectivity index (χ4v) is 2.30. The summed E-state index contributed by atoms with van der Waals surface area (Å²) in [6.45, 7) is 0. The minimum atomic E-state index is -4.20. The molecule has 1 N–H and O–H groups in total. The van der Waals surface area contributed by atoms with Gasteiger partial charge < -0.3 is 5.32 Å². The molecule has 3 nitrogen and oxygen atoms in total. The highest BCUT2D eigenvalue weighted by molar-refractivity contribution is 5.51. The molecule has 0 saturated heterocycles. The summed E-state index contributed by atoms with van der Waals surface area (Å²) in [6, 6.07) is 0. The molecule has 0 amide bonds. The van der Waals surface area contributed by atoms with E-state index >= 15 is 0 Å². The molecule has 3 rings (SSSR count). The van der Waals surface area contributed by atoms with Crippen molar-refractivity contribution < 1.29 is 13.2 Å². The van der Waals surface area contributed by atoms with E-state index in [1.54, 1.807) is 0 Å². The first-order valence-electron chi connectivity index (χ1n) is 5.69. The van der Waals surface area contributed by atoms with Gasteiger partial charge in [-0.1, -0.05) is 0 Å². The van der Waals surface area contributed by atoms with Gasteiger partial charge in [-0.2, -0.15) is 13.2 Å². The number of anilines is 1. The van der Waals surface area contributed by atoms with Crippen molar-refractivity contribution in [2.24, 2.45) is 0 Å². The zero-order valence-corrected chi connectivity index (χ0v) is 9.14. The topological polar surface area (TPSA) is 37.8 Å². The van der Waals surface area contributed by atoms with Crippen LogP contribution in [0.25, 0.3) is 0 Å². The summed E-state index contributed by atoms with van der Waals surface area (Å²) in [6.07, 6.45) is -0.0351. The Balaban J connectivity index is 1.90. The third-order valence-corrected chi connectivity index (χ3v) is 3.53. The van der Waals surface area contributed by atoms with E-state index in [4.69, 9.17) is 0 Å². The maximum Gasteiger partial charge on any atom is 0.411 e. The number of hydrogen-bond donors (Lipinski definition) is 1. The summed E-state index contributed by atoms with van der Waals surface area (Å²) < 4.78 is 38.5. The number of halogens is 3. The van der Waals surface area contributed by atoms with Gasteiger partial charge in [0, 0.05) is 11.3 Å². The average molecular weight is 243 g/mol. The minimum Gasteiger partial charge on any atom is -0.356 e. The monoisotopic (exact) mass is 243 g/mol. The maximum atomic E-state index is 12.8. The highest BCUT2D eigenvalue weighted by Gasteiger charge is 2.63. The number of hydrogen-bond acceptors (Lipinski definition) is 3. The molecule has 0 unspecified atom stereocenters. The molecule has 1 aromatic rings. The van der Waals surface area contributed by atoms with Crippen LogP contribution in [-0.4, -0.2) is 21.7 Å². The van der Waals surface area contributed by atoms with Crippen LogP contribution in [0.4, 0.5) is 19.0 Å². The fraction of sp³-hybridized carbons (Fsp3) is 0.636. The molecule has 6 heteroatoms. The molecular weight excluding hydrogens is 231 g/mol. The van der Waals surface area contributed by atoms with E-state index in [-0.39, 0.29) is 12.8 Å². The van der Waals surface area contributed by atoms with Gasteiger partial charge >= 0.3 is 6.18 Å². The number of alkyl halides is 3. The van der Waals surface area contributed by atoms with Crippen LogP contribution in [0.1, 0.15) is 30.5 Å². The van der Waals surface area contributed by atoms with Crippen LogP contribution < -0.4 is 5.32 Å². The van der Waals surface area contributed by atoms with E-state index in [1.807, 2.05) is 0 Å². The second-order valence-electron chi connectivity index (χ2n) is 4.71. The highest BCUT2D eigenvalue weighted by atomic mass is 19.4. The van der Waals surface area contributed by atoms with Crippen LogP contribution in [0.15, 0.2) is 6.33 Å². The number of rotatable bonds is 2. The van der Waals surface area contributed by atoms with E-state index in [0.29, 0.717) is 5.82 Å². The first-order chi connectivity index (χ1) is 8.02. The van der Waals surface area contributed by atoms with Gasteiger partial charge in [0.1, 0.15) is 17.7 Å². The van der Waals surface area contributed by atoms with E-state index in [2.05, 4.69) is 15.3 Å². The molecule has 1 fully saturated rings. The van der Waals surface area contributed by atoms with Crippen LogP contribution in [0.2, 0.25) is 0 Å². The Kier molecular flexibility index (Phi) is 2.12. The lowest BCUT2D eigenvalue weighted by Crippen LogP contribution is -2.39. The molecule has 2 aliphatic carbocycles. The van der Waals surface area contributed by atoms with Gasteiger partial charge in [0.25, 0.3) is 0 Å². The molecule has 2 aliphatic rings. The van der Waals surface area contributed by atoms with Gasteiger partial charge in [-0.3, -0.25) is 0 Å². The molecule has 0 aromatic carbocycles. The molecule has 17 heavy (non-hydrogen) atoms. The molecule has 0 radical (unpaired) electrons. The maximum absolute atomic E-state index is 12.8. The standard InChI is InChI=1S/C11H12F3N3/c12-11(13,14)10(4-5-10)17-9-7-2-1-3-8(7)15-6-16-9/h6H,1-5H2,(H,15,16,17). The van der Waals surface area contributed by atoms with Crippen LogP contribution in [0.5, 0.6) is 0 Å². The number of aryl methyl sites for hydroxylation is 1. The Morgan fingerprint density at radius 1 is 1.18 bits per heavy atom. The summed E-state index contributed by atoms with van der Waals surface area (Å²) in [5.74, 6) is 0.377. The molecular formula is C11H12F3N3. The quantitative estimate of drug-likeness (QED) is 0.867. The predicted octanol–water partition coefficient (Wildman–Crippen LogP) is 2.47. The Morgan fingerprint density at radius 2 is 1.94 bits per heavy atom. The zero-order valence-electron chi connectivity index (χ0n) is 9.14. The Hall–Kier alpha value is -1.33. The van der Waals surface area contributed by atoms with Crippen LogP contribution in [-0.2, 0) is 12.8 Å². The highest BCUT2D eigenvalue weighted by Crippen LogP contribution is 2.51. The van der Waals surface area contributed by atoms with Crippen molar-refractivity contribution in [2.75, 3.05) is 5.32 Å². The fourth-order valence-electron chi connectivity index (χ4n) is 2.30. The largest absolute Gasteiger partial charge is 0.411 e. The van der Waals surface area contributed by atoms with Crippen molar-refractivity contribution in [1.82, 2.24) is 9.97 Å². The van der Waals surface area contributed by atoms with Crippen LogP contribution in [0, 0.1) is 0 Å². The predicted molar refractivity (Wildman–Crippen MR) is 55.7 cm³/mol. The second-order valence-corrected chi connectivity index (χ2v) is 4.71. The number of nitrogens with one attached hydrogen (secondary N) is 1. The lowest BCUT2D eigenvalue weighted by Gasteiger charge is -2.22.